The Hall–Kier alpha value is -2.30. The summed E-state index contributed by atoms with van der Waals surface area (Å²) in [7, 11) is 0. The van der Waals surface area contributed by atoms with Crippen molar-refractivity contribution in [3.8, 4) is 5.75 Å². The number of carbonyl (C=O) groups is 1. The van der Waals surface area contributed by atoms with Crippen LogP contribution in [0.2, 0.25) is 5.02 Å². The molecule has 1 aromatic heterocycles. The van der Waals surface area contributed by atoms with Gasteiger partial charge in [0.1, 0.15) is 11.9 Å². The lowest BCUT2D eigenvalue weighted by atomic mass is 10.1. The summed E-state index contributed by atoms with van der Waals surface area (Å²) < 4.78 is 8.28. The van der Waals surface area contributed by atoms with Crippen LogP contribution in [-0.4, -0.2) is 41.5 Å². The van der Waals surface area contributed by atoms with Crippen LogP contribution in [0, 0.1) is 0 Å². The topological polar surface area (TPSA) is 34.5 Å². The number of hydrogen-bond donors (Lipinski definition) is 0. The maximum atomic E-state index is 11.3. The molecule has 0 saturated carbocycles. The van der Waals surface area contributed by atoms with E-state index in [-0.39, 0.29) is 6.10 Å². The number of ether oxygens (including phenoxy) is 1. The van der Waals surface area contributed by atoms with Gasteiger partial charge in [-0.1, -0.05) is 55.8 Å². The normalized spacial score (nSPS) is 14.9. The number of piperidine rings is 1. The lowest BCUT2D eigenvalue weighted by molar-refractivity contribution is 0.0994. The van der Waals surface area contributed by atoms with Gasteiger partial charge in [0, 0.05) is 42.3 Å². The van der Waals surface area contributed by atoms with Gasteiger partial charge in [-0.2, -0.15) is 0 Å². The smallest absolute Gasteiger partial charge is 0.152 e. The molecular weight excluding hydrogens is 396 g/mol. The van der Waals surface area contributed by atoms with Crippen molar-refractivity contribution in [3.63, 3.8) is 0 Å². The first-order valence-electron chi connectivity index (χ1n) is 10.9. The van der Waals surface area contributed by atoms with E-state index in [2.05, 4.69) is 15.5 Å². The fraction of sp³-hybridized carbons (Fsp3) is 0.400. The summed E-state index contributed by atoms with van der Waals surface area (Å²) in [4.78, 5) is 13.8. The van der Waals surface area contributed by atoms with Crippen molar-refractivity contribution in [2.75, 3.05) is 19.6 Å². The predicted octanol–water partition coefficient (Wildman–Crippen LogP) is 6.07. The summed E-state index contributed by atoms with van der Waals surface area (Å²) in [5, 5.41) is 1.72. The highest BCUT2D eigenvalue weighted by atomic mass is 35.5. The van der Waals surface area contributed by atoms with Crippen LogP contribution in [0.4, 0.5) is 0 Å². The first-order chi connectivity index (χ1) is 14.7. The largest absolute Gasteiger partial charge is 0.489 e. The lowest BCUT2D eigenvalue weighted by Gasteiger charge is -2.32. The molecule has 4 rings (SSSR count). The third-order valence-corrected chi connectivity index (χ3v) is 5.80. The molecule has 4 nitrogen and oxygen atoms in total. The van der Waals surface area contributed by atoms with E-state index in [9.17, 15) is 4.79 Å². The number of carbonyl (C=O) groups excluding carboxylic acids is 1. The Bertz CT molecular complexity index is 945. The zero-order chi connectivity index (χ0) is 21.3. The summed E-state index contributed by atoms with van der Waals surface area (Å²) in [5.41, 5.74) is 1.91. The second-order valence-electron chi connectivity index (χ2n) is 7.36. The number of likely N-dealkylation sites (tertiary alicyclic amines) is 1. The maximum absolute atomic E-state index is 11.3. The number of aromatic nitrogens is 1. The van der Waals surface area contributed by atoms with E-state index in [1.807, 2.05) is 62.5 Å². The number of para-hydroxylation sites is 2. The van der Waals surface area contributed by atoms with Gasteiger partial charge in [0.15, 0.2) is 6.29 Å². The highest BCUT2D eigenvalue weighted by molar-refractivity contribution is 6.32. The van der Waals surface area contributed by atoms with Crippen molar-refractivity contribution in [2.45, 2.75) is 45.8 Å². The Kier molecular flexibility index (Phi) is 8.35. The number of hydrogen-bond acceptors (Lipinski definition) is 3. The molecule has 1 aliphatic heterocycles. The van der Waals surface area contributed by atoms with Crippen molar-refractivity contribution in [1.29, 1.82) is 0 Å². The fourth-order valence-corrected chi connectivity index (χ4v) is 4.17. The average molecular weight is 427 g/mol. The minimum Gasteiger partial charge on any atom is -0.489 e. The van der Waals surface area contributed by atoms with Crippen molar-refractivity contribution in [3.05, 3.63) is 65.3 Å². The molecule has 1 fully saturated rings. The molecule has 3 aromatic rings. The second-order valence-corrected chi connectivity index (χ2v) is 7.76. The molecule has 0 atom stereocenters. The molecule has 0 unspecified atom stereocenters. The van der Waals surface area contributed by atoms with E-state index in [0.29, 0.717) is 5.02 Å². The van der Waals surface area contributed by atoms with Crippen LogP contribution < -0.4 is 4.74 Å². The minimum atomic E-state index is 0.236. The molecule has 30 heavy (non-hydrogen) atoms. The monoisotopic (exact) mass is 426 g/mol. The quantitative estimate of drug-likeness (QED) is 0.430. The van der Waals surface area contributed by atoms with Gasteiger partial charge in [-0.15, -0.1) is 0 Å². The lowest BCUT2D eigenvalue weighted by Crippen LogP contribution is -2.39. The third-order valence-electron chi connectivity index (χ3n) is 5.48. The van der Waals surface area contributed by atoms with E-state index in [1.165, 1.54) is 0 Å². The standard InChI is InChI=1S/C23H25ClN2O2.C2H6/c24-21-7-2-4-9-23(21)28-19-10-14-25(15-11-19)12-5-13-26-16-18(17-27)20-6-1-3-8-22(20)26;1-2/h1-4,6-9,16-17,19H,5,10-15H2;1-2H3. The number of halogens is 1. The molecule has 0 radical (unpaired) electrons. The molecule has 5 heteroatoms. The number of rotatable bonds is 7. The van der Waals surface area contributed by atoms with Gasteiger partial charge in [0.2, 0.25) is 0 Å². The average Bonchev–Trinajstić information content (AvgIpc) is 3.16. The van der Waals surface area contributed by atoms with Crippen LogP contribution in [-0.2, 0) is 6.54 Å². The minimum absolute atomic E-state index is 0.236. The number of benzene rings is 2. The molecule has 2 heterocycles. The number of aldehydes is 1. The van der Waals surface area contributed by atoms with Crippen LogP contribution in [0.1, 0.15) is 43.5 Å². The molecule has 0 spiro atoms. The number of aryl methyl sites for hydroxylation is 1. The summed E-state index contributed by atoms with van der Waals surface area (Å²) in [6.07, 6.45) is 6.26. The Morgan fingerprint density at radius 1 is 1.03 bits per heavy atom. The molecule has 0 aliphatic carbocycles. The van der Waals surface area contributed by atoms with Gasteiger partial charge in [-0.3, -0.25) is 4.79 Å². The van der Waals surface area contributed by atoms with Crippen LogP contribution in [0.25, 0.3) is 10.9 Å². The molecule has 0 bridgehead atoms. The van der Waals surface area contributed by atoms with Crippen molar-refractivity contribution >= 4 is 28.8 Å². The van der Waals surface area contributed by atoms with Crippen molar-refractivity contribution in [1.82, 2.24) is 9.47 Å². The SMILES string of the molecule is CC.O=Cc1cn(CCCN2CCC(Oc3ccccc3Cl)CC2)c2ccccc12. The third kappa shape index (κ3) is 5.44. The summed E-state index contributed by atoms with van der Waals surface area (Å²) in [5.74, 6) is 0.785. The first kappa shape index (κ1) is 22.4. The van der Waals surface area contributed by atoms with E-state index in [0.717, 1.165) is 73.9 Å². The highest BCUT2D eigenvalue weighted by Gasteiger charge is 2.21. The Labute approximate surface area is 184 Å². The Balaban J connectivity index is 0.00000124. The predicted molar refractivity (Wildman–Crippen MR) is 125 cm³/mol. The van der Waals surface area contributed by atoms with Gasteiger partial charge >= 0.3 is 0 Å². The van der Waals surface area contributed by atoms with Gasteiger partial charge in [-0.25, -0.2) is 0 Å². The molecule has 2 aromatic carbocycles. The summed E-state index contributed by atoms with van der Waals surface area (Å²) in [6.45, 7) is 8.06. The maximum Gasteiger partial charge on any atom is 0.152 e. The van der Waals surface area contributed by atoms with Crippen LogP contribution >= 0.6 is 11.6 Å². The van der Waals surface area contributed by atoms with E-state index in [4.69, 9.17) is 16.3 Å². The summed E-state index contributed by atoms with van der Waals surface area (Å²) in [6, 6.07) is 15.8. The molecule has 1 saturated heterocycles. The van der Waals surface area contributed by atoms with Crippen molar-refractivity contribution < 1.29 is 9.53 Å². The molecular formula is C25H31ClN2O2. The van der Waals surface area contributed by atoms with Crippen molar-refractivity contribution in [2.24, 2.45) is 0 Å². The molecule has 0 N–H and O–H groups in total. The molecule has 1 aliphatic rings. The zero-order valence-electron chi connectivity index (χ0n) is 17.9. The van der Waals surface area contributed by atoms with E-state index >= 15 is 0 Å². The van der Waals surface area contributed by atoms with Gasteiger partial charge in [0.05, 0.1) is 5.02 Å². The first-order valence-corrected chi connectivity index (χ1v) is 11.3. The van der Waals surface area contributed by atoms with Gasteiger partial charge < -0.3 is 14.2 Å². The van der Waals surface area contributed by atoms with Crippen LogP contribution in [0.15, 0.2) is 54.7 Å². The van der Waals surface area contributed by atoms with E-state index < -0.39 is 0 Å². The van der Waals surface area contributed by atoms with Crippen LogP contribution in [0.3, 0.4) is 0 Å². The Morgan fingerprint density at radius 3 is 2.47 bits per heavy atom. The van der Waals surface area contributed by atoms with Crippen LogP contribution in [0.5, 0.6) is 5.75 Å². The zero-order valence-corrected chi connectivity index (χ0v) is 18.6. The summed E-state index contributed by atoms with van der Waals surface area (Å²) >= 11 is 6.19. The van der Waals surface area contributed by atoms with E-state index in [1.54, 1.807) is 0 Å². The molecule has 160 valence electrons. The fourth-order valence-electron chi connectivity index (χ4n) is 3.99. The molecule has 0 amide bonds. The second kappa shape index (κ2) is 11.2. The number of nitrogens with zero attached hydrogens (tertiary/aromatic N) is 2. The number of fused-ring (bicyclic) bond motifs is 1. The van der Waals surface area contributed by atoms with Gasteiger partial charge in [0.25, 0.3) is 0 Å². The Morgan fingerprint density at radius 2 is 1.73 bits per heavy atom. The highest BCUT2D eigenvalue weighted by Crippen LogP contribution is 2.27. The van der Waals surface area contributed by atoms with Gasteiger partial charge in [-0.05, 0) is 44.0 Å².